The summed E-state index contributed by atoms with van der Waals surface area (Å²) in [4.78, 5) is 25.6. The zero-order valence-corrected chi connectivity index (χ0v) is 14.4. The Morgan fingerprint density at radius 1 is 1.16 bits per heavy atom. The third-order valence-corrected chi connectivity index (χ3v) is 4.71. The van der Waals surface area contributed by atoms with Gasteiger partial charge in [0.2, 0.25) is 0 Å². The minimum absolute atomic E-state index is 0.0145. The summed E-state index contributed by atoms with van der Waals surface area (Å²) in [5.41, 5.74) is 0.543. The molecule has 0 spiro atoms. The van der Waals surface area contributed by atoms with Gasteiger partial charge in [-0.3, -0.25) is 19.8 Å². The minimum atomic E-state index is -0.662. The number of ether oxygens (including phenoxy) is 1. The van der Waals surface area contributed by atoms with E-state index in [1.54, 1.807) is 24.3 Å². The van der Waals surface area contributed by atoms with Crippen LogP contribution in [0.4, 0.5) is 5.69 Å². The van der Waals surface area contributed by atoms with Gasteiger partial charge in [0, 0.05) is 17.7 Å². The van der Waals surface area contributed by atoms with E-state index in [-0.39, 0.29) is 11.5 Å². The number of Topliss-reactive ketones (excluding diaryl/α,β-unsaturated/α-hetero) is 1. The molecule has 0 bridgehead atoms. The highest BCUT2D eigenvalue weighted by atomic mass is 16.6. The Bertz CT molecular complexity index is 804. The molecule has 0 saturated carbocycles. The van der Waals surface area contributed by atoms with Crippen LogP contribution < -0.4 is 0 Å². The third-order valence-electron chi connectivity index (χ3n) is 4.71. The summed E-state index contributed by atoms with van der Waals surface area (Å²) in [5, 5.41) is 11.1. The molecule has 1 aliphatic heterocycles. The van der Waals surface area contributed by atoms with Crippen molar-refractivity contribution in [3.05, 3.63) is 75.8 Å². The Hall–Kier alpha value is -2.57. The van der Waals surface area contributed by atoms with Crippen LogP contribution in [0.2, 0.25) is 0 Å². The molecule has 0 aromatic heterocycles. The summed E-state index contributed by atoms with van der Waals surface area (Å²) in [6, 6.07) is 14.8. The average molecular weight is 340 g/mol. The summed E-state index contributed by atoms with van der Waals surface area (Å²) in [6.07, 6.45) is -0.576. The highest BCUT2D eigenvalue weighted by Gasteiger charge is 2.49. The largest absolute Gasteiger partial charge is 0.351 e. The fourth-order valence-corrected chi connectivity index (χ4v) is 3.15. The fraction of sp³-hybridized carbons (Fsp3) is 0.316. The SMILES string of the molecule is CN1[C@@H](C(=O)c2ccccc2)[C@@H](c2cccc([N+](=O)[O-])c2)OC1(C)C. The first kappa shape index (κ1) is 17.3. The molecule has 130 valence electrons. The summed E-state index contributed by atoms with van der Waals surface area (Å²) in [6.45, 7) is 3.77. The maximum Gasteiger partial charge on any atom is 0.269 e. The number of hydrogen-bond donors (Lipinski definition) is 0. The van der Waals surface area contributed by atoms with Gasteiger partial charge in [0.05, 0.1) is 4.92 Å². The van der Waals surface area contributed by atoms with Crippen molar-refractivity contribution in [1.29, 1.82) is 0 Å². The Morgan fingerprint density at radius 3 is 2.48 bits per heavy atom. The second-order valence-electron chi connectivity index (χ2n) is 6.62. The molecule has 1 fully saturated rings. The van der Waals surface area contributed by atoms with Crippen molar-refractivity contribution < 1.29 is 14.5 Å². The van der Waals surface area contributed by atoms with Crippen LogP contribution in [0.5, 0.6) is 0 Å². The van der Waals surface area contributed by atoms with Gasteiger partial charge >= 0.3 is 0 Å². The fourth-order valence-electron chi connectivity index (χ4n) is 3.15. The lowest BCUT2D eigenvalue weighted by molar-refractivity contribution is -0.385. The van der Waals surface area contributed by atoms with Crippen molar-refractivity contribution >= 4 is 11.5 Å². The highest BCUT2D eigenvalue weighted by molar-refractivity contribution is 6.00. The molecule has 0 amide bonds. The Balaban J connectivity index is 2.03. The van der Waals surface area contributed by atoms with E-state index in [1.165, 1.54) is 12.1 Å². The van der Waals surface area contributed by atoms with Gasteiger partial charge in [0.1, 0.15) is 17.9 Å². The molecule has 0 aliphatic carbocycles. The standard InChI is InChI=1S/C19H20N2O4/c1-19(2)20(3)16(17(22)13-8-5-4-6-9-13)18(25-19)14-10-7-11-15(12-14)21(23)24/h4-12,16,18H,1-3H3/t16-,18+/m0/s1. The van der Waals surface area contributed by atoms with Crippen LogP contribution in [0.1, 0.15) is 35.9 Å². The van der Waals surface area contributed by atoms with Crippen LogP contribution in [0.25, 0.3) is 0 Å². The van der Waals surface area contributed by atoms with E-state index in [1.807, 2.05) is 44.0 Å². The molecule has 2 aromatic rings. The molecule has 2 atom stereocenters. The lowest BCUT2D eigenvalue weighted by atomic mass is 9.94. The predicted molar refractivity (Wildman–Crippen MR) is 93.3 cm³/mol. The predicted octanol–water partition coefficient (Wildman–Crippen LogP) is 3.59. The van der Waals surface area contributed by atoms with Crippen LogP contribution in [0.3, 0.4) is 0 Å². The first-order valence-corrected chi connectivity index (χ1v) is 8.05. The molecule has 3 rings (SSSR count). The van der Waals surface area contributed by atoms with E-state index in [2.05, 4.69) is 0 Å². The molecule has 1 aliphatic rings. The number of rotatable bonds is 4. The van der Waals surface area contributed by atoms with Gasteiger partial charge in [-0.2, -0.15) is 0 Å². The molecular weight excluding hydrogens is 320 g/mol. The summed E-state index contributed by atoms with van der Waals surface area (Å²) in [5.74, 6) is -0.0646. The van der Waals surface area contributed by atoms with E-state index in [0.717, 1.165) is 0 Å². The topological polar surface area (TPSA) is 72.7 Å². The Kier molecular flexibility index (Phi) is 4.41. The lowest BCUT2D eigenvalue weighted by Gasteiger charge is -2.28. The van der Waals surface area contributed by atoms with Gasteiger partial charge in [-0.25, -0.2) is 0 Å². The van der Waals surface area contributed by atoms with Gasteiger partial charge in [0.15, 0.2) is 5.78 Å². The Labute approximate surface area is 146 Å². The number of carbonyl (C=O) groups is 1. The molecule has 1 saturated heterocycles. The number of likely N-dealkylation sites (N-methyl/N-ethyl adjacent to an activating group) is 1. The van der Waals surface area contributed by atoms with Crippen LogP contribution >= 0.6 is 0 Å². The quantitative estimate of drug-likeness (QED) is 0.483. The second kappa shape index (κ2) is 6.38. The minimum Gasteiger partial charge on any atom is -0.351 e. The number of benzene rings is 2. The van der Waals surface area contributed by atoms with Crippen molar-refractivity contribution in [2.24, 2.45) is 0 Å². The molecule has 2 aromatic carbocycles. The monoisotopic (exact) mass is 340 g/mol. The van der Waals surface area contributed by atoms with E-state index in [0.29, 0.717) is 11.1 Å². The molecule has 25 heavy (non-hydrogen) atoms. The van der Waals surface area contributed by atoms with Gasteiger partial charge < -0.3 is 4.74 Å². The summed E-state index contributed by atoms with van der Waals surface area (Å²) >= 11 is 0. The molecule has 0 radical (unpaired) electrons. The molecular formula is C19H20N2O4. The normalized spacial score (nSPS) is 22.7. The summed E-state index contributed by atoms with van der Waals surface area (Å²) in [7, 11) is 1.84. The van der Waals surface area contributed by atoms with Crippen molar-refractivity contribution in [2.45, 2.75) is 31.7 Å². The van der Waals surface area contributed by atoms with Crippen molar-refractivity contribution in [3.63, 3.8) is 0 Å². The summed E-state index contributed by atoms with van der Waals surface area (Å²) < 4.78 is 6.12. The average Bonchev–Trinajstić information content (AvgIpc) is 2.85. The second-order valence-corrected chi connectivity index (χ2v) is 6.62. The number of nitro benzene ring substituents is 1. The van der Waals surface area contributed by atoms with Crippen LogP contribution in [0, 0.1) is 10.1 Å². The van der Waals surface area contributed by atoms with Gasteiger partial charge in [-0.15, -0.1) is 0 Å². The van der Waals surface area contributed by atoms with Crippen molar-refractivity contribution in [2.75, 3.05) is 7.05 Å². The lowest BCUT2D eigenvalue weighted by Crippen LogP contribution is -2.44. The molecule has 6 nitrogen and oxygen atoms in total. The Morgan fingerprint density at radius 2 is 1.84 bits per heavy atom. The third kappa shape index (κ3) is 3.18. The van der Waals surface area contributed by atoms with Crippen molar-refractivity contribution in [1.82, 2.24) is 4.90 Å². The van der Waals surface area contributed by atoms with E-state index < -0.39 is 22.8 Å². The number of carbonyl (C=O) groups excluding carboxylic acids is 1. The van der Waals surface area contributed by atoms with Crippen LogP contribution in [0.15, 0.2) is 54.6 Å². The smallest absolute Gasteiger partial charge is 0.269 e. The maximum atomic E-state index is 13.1. The number of hydrogen-bond acceptors (Lipinski definition) is 5. The highest BCUT2D eigenvalue weighted by Crippen LogP contribution is 2.41. The molecule has 0 N–H and O–H groups in total. The molecule has 0 unspecified atom stereocenters. The van der Waals surface area contributed by atoms with E-state index in [4.69, 9.17) is 4.74 Å². The van der Waals surface area contributed by atoms with Gasteiger partial charge in [-0.05, 0) is 26.5 Å². The zero-order chi connectivity index (χ0) is 18.2. The number of ketones is 1. The van der Waals surface area contributed by atoms with E-state index in [9.17, 15) is 14.9 Å². The van der Waals surface area contributed by atoms with Crippen LogP contribution in [-0.2, 0) is 4.74 Å². The van der Waals surface area contributed by atoms with Gasteiger partial charge in [0.25, 0.3) is 5.69 Å². The van der Waals surface area contributed by atoms with Crippen LogP contribution in [-0.4, -0.2) is 34.4 Å². The van der Waals surface area contributed by atoms with Gasteiger partial charge in [-0.1, -0.05) is 42.5 Å². The van der Waals surface area contributed by atoms with E-state index >= 15 is 0 Å². The zero-order valence-electron chi connectivity index (χ0n) is 14.4. The number of nitro groups is 1. The number of nitrogens with zero attached hydrogens (tertiary/aromatic N) is 2. The number of non-ortho nitro benzene ring substituents is 1. The maximum absolute atomic E-state index is 13.1. The molecule has 1 heterocycles. The van der Waals surface area contributed by atoms with Crippen molar-refractivity contribution in [3.8, 4) is 0 Å². The first-order valence-electron chi connectivity index (χ1n) is 8.05. The molecule has 6 heteroatoms. The first-order chi connectivity index (χ1) is 11.8.